The van der Waals surface area contributed by atoms with Crippen LogP contribution in [0.5, 0.6) is 0 Å². The maximum Gasteiger partial charge on any atom is -0.0291 e. The van der Waals surface area contributed by atoms with Gasteiger partial charge in [-0.2, -0.15) is 0 Å². The minimum absolute atomic E-state index is 0.602. The summed E-state index contributed by atoms with van der Waals surface area (Å²) in [5.41, 5.74) is 0.602. The highest BCUT2D eigenvalue weighted by molar-refractivity contribution is 4.99. The van der Waals surface area contributed by atoms with Crippen LogP contribution in [0, 0.1) is 17.3 Å². The molecule has 0 spiro atoms. The molecular formula is C20H36. The molecule has 20 heavy (non-hydrogen) atoms. The molecule has 1 fully saturated rings. The normalized spacial score (nSPS) is 25.3. The number of rotatable bonds is 6. The van der Waals surface area contributed by atoms with Gasteiger partial charge in [-0.25, -0.2) is 0 Å². The zero-order chi connectivity index (χ0) is 14.3. The summed E-state index contributed by atoms with van der Waals surface area (Å²) >= 11 is 0. The monoisotopic (exact) mass is 276 g/mol. The summed E-state index contributed by atoms with van der Waals surface area (Å²) in [7, 11) is 0. The maximum atomic E-state index is 2.56. The van der Waals surface area contributed by atoms with Gasteiger partial charge in [-0.3, -0.25) is 0 Å². The molecule has 0 aromatic carbocycles. The first kappa shape index (κ1) is 16.1. The van der Waals surface area contributed by atoms with Gasteiger partial charge in [-0.1, -0.05) is 90.2 Å². The molecular weight excluding hydrogens is 240 g/mol. The fourth-order valence-electron chi connectivity index (χ4n) is 4.48. The lowest BCUT2D eigenvalue weighted by Crippen LogP contribution is -2.25. The summed E-state index contributed by atoms with van der Waals surface area (Å²) in [4.78, 5) is 0. The van der Waals surface area contributed by atoms with Gasteiger partial charge < -0.3 is 0 Å². The second kappa shape index (κ2) is 8.25. The molecule has 1 unspecified atom stereocenters. The fourth-order valence-corrected chi connectivity index (χ4v) is 4.48. The molecule has 2 aliphatic carbocycles. The first-order chi connectivity index (χ1) is 9.74. The van der Waals surface area contributed by atoms with Crippen LogP contribution in [0.4, 0.5) is 0 Å². The van der Waals surface area contributed by atoms with E-state index >= 15 is 0 Å². The average Bonchev–Trinajstić information content (AvgIpc) is 2.95. The lowest BCUT2D eigenvalue weighted by atomic mass is 9.70. The lowest BCUT2D eigenvalue weighted by Gasteiger charge is -2.35. The number of hydrogen-bond donors (Lipinski definition) is 0. The van der Waals surface area contributed by atoms with Crippen molar-refractivity contribution in [1.29, 1.82) is 0 Å². The van der Waals surface area contributed by atoms with Crippen LogP contribution < -0.4 is 0 Å². The summed E-state index contributed by atoms with van der Waals surface area (Å²) < 4.78 is 0. The van der Waals surface area contributed by atoms with Crippen LogP contribution >= 0.6 is 0 Å². The maximum absolute atomic E-state index is 2.56. The van der Waals surface area contributed by atoms with Crippen molar-refractivity contribution in [3.8, 4) is 0 Å². The Kier molecular flexibility index (Phi) is 6.65. The third-order valence-electron chi connectivity index (χ3n) is 6.39. The molecule has 0 N–H and O–H groups in total. The van der Waals surface area contributed by atoms with Gasteiger partial charge in [-0.15, -0.1) is 0 Å². The van der Waals surface area contributed by atoms with E-state index in [-0.39, 0.29) is 0 Å². The quantitative estimate of drug-likeness (QED) is 0.463. The molecule has 0 nitrogen and oxygen atoms in total. The summed E-state index contributed by atoms with van der Waals surface area (Å²) in [5, 5.41) is 0. The highest BCUT2D eigenvalue weighted by atomic mass is 14.4. The van der Waals surface area contributed by atoms with Crippen molar-refractivity contribution in [3.63, 3.8) is 0 Å². The van der Waals surface area contributed by atoms with Gasteiger partial charge >= 0.3 is 0 Å². The highest BCUT2D eigenvalue weighted by Gasteiger charge is 2.32. The van der Waals surface area contributed by atoms with Gasteiger partial charge in [0.1, 0.15) is 0 Å². The van der Waals surface area contributed by atoms with Crippen LogP contribution in [0.15, 0.2) is 12.2 Å². The molecule has 0 bridgehead atoms. The van der Waals surface area contributed by atoms with Crippen LogP contribution in [-0.4, -0.2) is 0 Å². The summed E-state index contributed by atoms with van der Waals surface area (Å²) in [6.07, 6.45) is 23.9. The van der Waals surface area contributed by atoms with E-state index in [1.54, 1.807) is 0 Å². The molecule has 0 heterocycles. The molecule has 116 valence electrons. The average molecular weight is 277 g/mol. The largest absolute Gasteiger partial charge is 0.0882 e. The van der Waals surface area contributed by atoms with E-state index in [1.165, 1.54) is 83.5 Å². The zero-order valence-electron chi connectivity index (χ0n) is 14.0. The number of hydrogen-bond acceptors (Lipinski definition) is 0. The fraction of sp³-hybridized carbons (Fsp3) is 0.900. The summed E-state index contributed by atoms with van der Waals surface area (Å²) in [6.45, 7) is 4.97. The molecule has 1 atom stereocenters. The molecule has 0 aromatic heterocycles. The van der Waals surface area contributed by atoms with Gasteiger partial charge in [0.05, 0.1) is 0 Å². The van der Waals surface area contributed by atoms with Crippen LogP contribution in [-0.2, 0) is 0 Å². The van der Waals surface area contributed by atoms with Gasteiger partial charge in [-0.05, 0) is 36.5 Å². The van der Waals surface area contributed by atoms with Crippen molar-refractivity contribution in [2.45, 2.75) is 97.3 Å². The Hall–Kier alpha value is -0.260. The van der Waals surface area contributed by atoms with E-state index in [9.17, 15) is 0 Å². The Bertz CT molecular complexity index is 274. The number of allylic oxidation sites excluding steroid dienone is 2. The predicted molar refractivity (Wildman–Crippen MR) is 89.9 cm³/mol. The van der Waals surface area contributed by atoms with Crippen LogP contribution in [0.1, 0.15) is 97.3 Å². The minimum Gasteiger partial charge on any atom is -0.0882 e. The zero-order valence-corrected chi connectivity index (χ0v) is 14.0. The topological polar surface area (TPSA) is 0 Å². The van der Waals surface area contributed by atoms with Gasteiger partial charge in [0.15, 0.2) is 0 Å². The Balaban J connectivity index is 1.72. The molecule has 2 rings (SSSR count). The minimum atomic E-state index is 0.602. The molecule has 0 heteroatoms. The van der Waals surface area contributed by atoms with E-state index in [0.717, 1.165) is 11.8 Å². The SMILES string of the molecule is CCC(C)(CCCC1CCCCCCC1)C1CC=CC1. The predicted octanol–water partition coefficient (Wildman–Crippen LogP) is 6.90. The van der Waals surface area contributed by atoms with E-state index in [2.05, 4.69) is 26.0 Å². The second-order valence-corrected chi connectivity index (χ2v) is 7.75. The van der Waals surface area contributed by atoms with Crippen molar-refractivity contribution in [2.24, 2.45) is 17.3 Å². The van der Waals surface area contributed by atoms with Crippen LogP contribution in [0.3, 0.4) is 0 Å². The molecule has 0 amide bonds. The first-order valence-corrected chi connectivity index (χ1v) is 9.39. The van der Waals surface area contributed by atoms with Crippen molar-refractivity contribution in [1.82, 2.24) is 0 Å². The van der Waals surface area contributed by atoms with Crippen molar-refractivity contribution < 1.29 is 0 Å². The second-order valence-electron chi connectivity index (χ2n) is 7.75. The van der Waals surface area contributed by atoms with Gasteiger partial charge in [0.25, 0.3) is 0 Å². The molecule has 0 saturated heterocycles. The third kappa shape index (κ3) is 4.64. The van der Waals surface area contributed by atoms with E-state index in [4.69, 9.17) is 0 Å². The van der Waals surface area contributed by atoms with Crippen LogP contribution in [0.25, 0.3) is 0 Å². The highest BCUT2D eigenvalue weighted by Crippen LogP contribution is 2.43. The van der Waals surface area contributed by atoms with Crippen LogP contribution in [0.2, 0.25) is 0 Å². The standard InChI is InChI=1S/C20H36/c1-3-20(2,19-15-9-10-16-19)17-11-14-18-12-7-5-4-6-8-13-18/h9-10,18-19H,3-8,11-17H2,1-2H3. The molecule has 2 aliphatic rings. The smallest absolute Gasteiger partial charge is 0.0291 e. The Morgan fingerprint density at radius 2 is 1.55 bits per heavy atom. The van der Waals surface area contributed by atoms with E-state index in [1.807, 2.05) is 0 Å². The first-order valence-electron chi connectivity index (χ1n) is 9.39. The van der Waals surface area contributed by atoms with Crippen molar-refractivity contribution >= 4 is 0 Å². The third-order valence-corrected chi connectivity index (χ3v) is 6.39. The molecule has 0 radical (unpaired) electrons. The van der Waals surface area contributed by atoms with Gasteiger partial charge in [0, 0.05) is 0 Å². The Morgan fingerprint density at radius 3 is 2.15 bits per heavy atom. The van der Waals surface area contributed by atoms with Crippen molar-refractivity contribution in [2.75, 3.05) is 0 Å². The Labute approximate surface area is 127 Å². The van der Waals surface area contributed by atoms with Crippen molar-refractivity contribution in [3.05, 3.63) is 12.2 Å². The lowest BCUT2D eigenvalue weighted by molar-refractivity contribution is 0.158. The van der Waals surface area contributed by atoms with Gasteiger partial charge in [0.2, 0.25) is 0 Å². The summed E-state index contributed by atoms with van der Waals surface area (Å²) in [6, 6.07) is 0. The molecule has 0 aromatic rings. The van der Waals surface area contributed by atoms with E-state index < -0.39 is 0 Å². The summed E-state index contributed by atoms with van der Waals surface area (Å²) in [5.74, 6) is 1.99. The molecule has 0 aliphatic heterocycles. The van der Waals surface area contributed by atoms with E-state index in [0.29, 0.717) is 5.41 Å². The Morgan fingerprint density at radius 1 is 0.950 bits per heavy atom. The molecule has 1 saturated carbocycles.